The molecule has 2 aromatic heterocycles. The van der Waals surface area contributed by atoms with E-state index >= 15 is 0 Å². The normalized spacial score (nSPS) is 17.3. The van der Waals surface area contributed by atoms with Crippen LogP contribution in [-0.2, 0) is 22.9 Å². The van der Waals surface area contributed by atoms with Crippen LogP contribution in [0.3, 0.4) is 0 Å². The van der Waals surface area contributed by atoms with Crippen molar-refractivity contribution in [3.63, 3.8) is 0 Å². The smallest absolute Gasteiger partial charge is 0.416 e. The molecule has 10 heteroatoms. The molecule has 0 unspecified atom stereocenters. The van der Waals surface area contributed by atoms with E-state index in [1.165, 1.54) is 6.07 Å². The second-order valence-electron chi connectivity index (χ2n) is 10.7. The van der Waals surface area contributed by atoms with Crippen molar-refractivity contribution in [1.29, 1.82) is 0 Å². The summed E-state index contributed by atoms with van der Waals surface area (Å²) < 4.78 is 53.8. The van der Waals surface area contributed by atoms with Crippen LogP contribution < -0.4 is 4.74 Å². The van der Waals surface area contributed by atoms with Gasteiger partial charge in [0.05, 0.1) is 40.5 Å². The molecule has 0 spiro atoms. The van der Waals surface area contributed by atoms with Gasteiger partial charge in [0, 0.05) is 18.2 Å². The SMILES string of the molecule is CC(C)(O)COc1ccc(C(F)(F)F)cc1-c1ncc2c(C(C)(C)C)nn(C[C@H]3CCCO3)c2n1. The van der Waals surface area contributed by atoms with Crippen molar-refractivity contribution in [2.24, 2.45) is 0 Å². The summed E-state index contributed by atoms with van der Waals surface area (Å²) in [4.78, 5) is 9.09. The van der Waals surface area contributed by atoms with Gasteiger partial charge in [0.25, 0.3) is 0 Å². The van der Waals surface area contributed by atoms with Crippen molar-refractivity contribution in [3.8, 4) is 17.1 Å². The van der Waals surface area contributed by atoms with E-state index in [2.05, 4.69) is 9.97 Å². The van der Waals surface area contributed by atoms with Gasteiger partial charge in [-0.05, 0) is 44.9 Å². The average molecular weight is 493 g/mol. The van der Waals surface area contributed by atoms with E-state index in [0.717, 1.165) is 36.1 Å². The molecule has 3 aromatic rings. The number of benzene rings is 1. The van der Waals surface area contributed by atoms with Gasteiger partial charge in [-0.25, -0.2) is 14.6 Å². The van der Waals surface area contributed by atoms with Crippen LogP contribution in [0.4, 0.5) is 13.2 Å². The number of aromatic nitrogens is 4. The molecule has 1 N–H and O–H groups in total. The van der Waals surface area contributed by atoms with Crippen LogP contribution in [0.2, 0.25) is 0 Å². The second-order valence-corrected chi connectivity index (χ2v) is 10.7. The molecule has 1 aliphatic rings. The Balaban J connectivity index is 1.85. The zero-order chi connectivity index (χ0) is 25.6. The average Bonchev–Trinajstić information content (AvgIpc) is 3.39. The number of halogens is 3. The number of aliphatic hydroxyl groups is 1. The first-order chi connectivity index (χ1) is 16.2. The fraction of sp³-hybridized carbons (Fsp3) is 0.560. The van der Waals surface area contributed by atoms with Crippen LogP contribution in [0.1, 0.15) is 58.7 Å². The molecular formula is C25H31F3N4O3. The molecule has 0 aliphatic carbocycles. The Bertz CT molecular complexity index is 1200. The molecule has 4 rings (SSSR count). The van der Waals surface area contributed by atoms with Crippen LogP contribution in [0, 0.1) is 0 Å². The van der Waals surface area contributed by atoms with E-state index in [9.17, 15) is 18.3 Å². The van der Waals surface area contributed by atoms with Crippen molar-refractivity contribution < 1.29 is 27.8 Å². The maximum Gasteiger partial charge on any atom is 0.416 e. The predicted octanol–water partition coefficient (Wildman–Crippen LogP) is 5.14. The number of hydrogen-bond donors (Lipinski definition) is 1. The zero-order valence-electron chi connectivity index (χ0n) is 20.6. The Labute approximate surface area is 202 Å². The Hall–Kier alpha value is -2.72. The molecule has 1 aliphatic heterocycles. The highest BCUT2D eigenvalue weighted by atomic mass is 19.4. The highest BCUT2D eigenvalue weighted by Crippen LogP contribution is 2.37. The third kappa shape index (κ3) is 5.75. The first-order valence-corrected chi connectivity index (χ1v) is 11.6. The topological polar surface area (TPSA) is 82.3 Å². The van der Waals surface area contributed by atoms with Crippen LogP contribution >= 0.6 is 0 Å². The summed E-state index contributed by atoms with van der Waals surface area (Å²) in [6.07, 6.45) is -1.05. The first-order valence-electron chi connectivity index (χ1n) is 11.6. The summed E-state index contributed by atoms with van der Waals surface area (Å²) in [6, 6.07) is 3.16. The predicted molar refractivity (Wildman–Crippen MR) is 125 cm³/mol. The van der Waals surface area contributed by atoms with Crippen molar-refractivity contribution in [2.45, 2.75) is 77.3 Å². The summed E-state index contributed by atoms with van der Waals surface area (Å²) in [5.41, 5.74) is -0.877. The molecule has 0 bridgehead atoms. The van der Waals surface area contributed by atoms with Gasteiger partial charge in [0.15, 0.2) is 11.5 Å². The number of fused-ring (bicyclic) bond motifs is 1. The Morgan fingerprint density at radius 3 is 2.51 bits per heavy atom. The summed E-state index contributed by atoms with van der Waals surface area (Å²) in [6.45, 7) is 10.3. The number of alkyl halides is 3. The van der Waals surface area contributed by atoms with Gasteiger partial charge in [-0.15, -0.1) is 0 Å². The molecular weight excluding hydrogens is 461 g/mol. The third-order valence-corrected chi connectivity index (χ3v) is 5.73. The summed E-state index contributed by atoms with van der Waals surface area (Å²) in [5.74, 6) is 0.240. The molecule has 1 atom stereocenters. The van der Waals surface area contributed by atoms with Crippen molar-refractivity contribution in [1.82, 2.24) is 19.7 Å². The van der Waals surface area contributed by atoms with Gasteiger partial charge in [-0.1, -0.05) is 20.8 Å². The van der Waals surface area contributed by atoms with E-state index < -0.39 is 17.3 Å². The Morgan fingerprint density at radius 2 is 1.91 bits per heavy atom. The lowest BCUT2D eigenvalue weighted by atomic mass is 9.91. The molecule has 0 amide bonds. The Morgan fingerprint density at radius 1 is 1.17 bits per heavy atom. The van der Waals surface area contributed by atoms with Crippen LogP contribution in [0.25, 0.3) is 22.4 Å². The van der Waals surface area contributed by atoms with E-state index in [0.29, 0.717) is 18.8 Å². The second kappa shape index (κ2) is 9.05. The lowest BCUT2D eigenvalue weighted by Crippen LogP contribution is -2.28. The van der Waals surface area contributed by atoms with E-state index in [1.54, 1.807) is 24.7 Å². The minimum absolute atomic E-state index is 0.00331. The van der Waals surface area contributed by atoms with Gasteiger partial charge >= 0.3 is 6.18 Å². The van der Waals surface area contributed by atoms with Gasteiger partial charge in [-0.2, -0.15) is 18.3 Å². The molecule has 1 fully saturated rings. The van der Waals surface area contributed by atoms with Gasteiger partial charge in [0.1, 0.15) is 12.4 Å². The molecule has 0 radical (unpaired) electrons. The van der Waals surface area contributed by atoms with E-state index in [-0.39, 0.29) is 35.3 Å². The Kier molecular flexibility index (Phi) is 6.56. The maximum atomic E-state index is 13.5. The number of nitrogens with zero attached hydrogens (tertiary/aromatic N) is 4. The maximum absolute atomic E-state index is 13.5. The zero-order valence-corrected chi connectivity index (χ0v) is 20.6. The van der Waals surface area contributed by atoms with E-state index in [1.807, 2.05) is 20.8 Å². The molecule has 35 heavy (non-hydrogen) atoms. The lowest BCUT2D eigenvalue weighted by molar-refractivity contribution is -0.137. The van der Waals surface area contributed by atoms with Crippen molar-refractivity contribution in [2.75, 3.05) is 13.2 Å². The molecule has 7 nitrogen and oxygen atoms in total. The fourth-order valence-electron chi connectivity index (χ4n) is 4.01. The monoisotopic (exact) mass is 492 g/mol. The third-order valence-electron chi connectivity index (χ3n) is 5.73. The lowest BCUT2D eigenvalue weighted by Gasteiger charge is -2.20. The quantitative estimate of drug-likeness (QED) is 0.513. The number of rotatable bonds is 6. The fourth-order valence-corrected chi connectivity index (χ4v) is 4.01. The molecule has 3 heterocycles. The standard InChI is InChI=1S/C25H31F3N4O3/c1-23(2,3)20-18-12-29-21(30-22(18)32(31-20)13-16-7-6-10-34-16)17-11-15(25(26,27)28)8-9-19(17)35-14-24(4,5)33/h8-9,11-12,16,33H,6-7,10,13-14H2,1-5H3/t16-/m1/s1. The van der Waals surface area contributed by atoms with Gasteiger partial charge < -0.3 is 14.6 Å². The minimum Gasteiger partial charge on any atom is -0.490 e. The largest absolute Gasteiger partial charge is 0.490 e. The van der Waals surface area contributed by atoms with Crippen LogP contribution in [0.15, 0.2) is 24.4 Å². The highest BCUT2D eigenvalue weighted by molar-refractivity contribution is 5.81. The first kappa shape index (κ1) is 25.4. The van der Waals surface area contributed by atoms with Crippen molar-refractivity contribution in [3.05, 3.63) is 35.7 Å². The van der Waals surface area contributed by atoms with Gasteiger partial charge in [0.2, 0.25) is 0 Å². The van der Waals surface area contributed by atoms with Crippen molar-refractivity contribution >= 4 is 11.0 Å². The van der Waals surface area contributed by atoms with E-state index in [4.69, 9.17) is 14.6 Å². The van der Waals surface area contributed by atoms with Crippen LogP contribution in [-0.4, -0.2) is 49.8 Å². The molecule has 190 valence electrons. The summed E-state index contributed by atoms with van der Waals surface area (Å²) in [5, 5.41) is 15.6. The summed E-state index contributed by atoms with van der Waals surface area (Å²) >= 11 is 0. The van der Waals surface area contributed by atoms with Crippen LogP contribution in [0.5, 0.6) is 5.75 Å². The molecule has 0 saturated carbocycles. The molecule has 1 saturated heterocycles. The number of ether oxygens (including phenoxy) is 2. The van der Waals surface area contributed by atoms with Gasteiger partial charge in [-0.3, -0.25) is 0 Å². The minimum atomic E-state index is -4.55. The number of hydrogen-bond acceptors (Lipinski definition) is 6. The highest BCUT2D eigenvalue weighted by Gasteiger charge is 2.32. The summed E-state index contributed by atoms with van der Waals surface area (Å²) in [7, 11) is 0. The molecule has 1 aromatic carbocycles.